The molecule has 1 unspecified atom stereocenters. The first kappa shape index (κ1) is 18.6. The summed E-state index contributed by atoms with van der Waals surface area (Å²) in [5.74, 6) is -6.54. The third kappa shape index (κ3) is 3.47. The molecule has 1 aliphatic heterocycles. The van der Waals surface area contributed by atoms with Gasteiger partial charge < -0.3 is 15.7 Å². The zero-order valence-corrected chi connectivity index (χ0v) is 12.8. The lowest BCUT2D eigenvalue weighted by Crippen LogP contribution is -2.42. The number of carbonyl (C=O) groups excluding carboxylic acids is 1. The van der Waals surface area contributed by atoms with Gasteiger partial charge in [0.1, 0.15) is 0 Å². The number of likely N-dealkylation sites (tertiary alicyclic amines) is 1. The number of halogens is 4. The Morgan fingerprint density at radius 3 is 2.36 bits per heavy atom. The summed E-state index contributed by atoms with van der Waals surface area (Å²) in [7, 11) is 0. The molecule has 0 aromatic heterocycles. The van der Waals surface area contributed by atoms with Gasteiger partial charge in [0.05, 0.1) is 5.56 Å². The Morgan fingerprint density at radius 1 is 1.32 bits per heavy atom. The van der Waals surface area contributed by atoms with Gasteiger partial charge in [-0.25, -0.2) is 8.78 Å². The molecule has 1 saturated heterocycles. The fourth-order valence-corrected chi connectivity index (χ4v) is 2.54. The first-order valence-corrected chi connectivity index (χ1v) is 6.74. The van der Waals surface area contributed by atoms with E-state index in [1.54, 1.807) is 0 Å². The lowest BCUT2D eigenvalue weighted by atomic mass is 9.90. The summed E-state index contributed by atoms with van der Waals surface area (Å²) >= 11 is 0. The van der Waals surface area contributed by atoms with Crippen LogP contribution in [0.3, 0.4) is 0 Å². The first-order valence-electron chi connectivity index (χ1n) is 6.74. The Hall–Kier alpha value is -1.47. The van der Waals surface area contributed by atoms with Crippen molar-refractivity contribution in [2.24, 2.45) is 11.7 Å². The molecule has 1 aromatic rings. The maximum Gasteiger partial charge on any atom is 0.257 e. The summed E-state index contributed by atoms with van der Waals surface area (Å²) < 4.78 is 40.0. The average Bonchev–Trinajstić information content (AvgIpc) is 2.48. The van der Waals surface area contributed by atoms with Crippen molar-refractivity contribution in [3.05, 3.63) is 29.1 Å². The molecule has 3 N–H and O–H groups in total. The van der Waals surface area contributed by atoms with E-state index < -0.39 is 34.7 Å². The molecule has 22 heavy (non-hydrogen) atoms. The Morgan fingerprint density at radius 2 is 1.86 bits per heavy atom. The molecule has 0 radical (unpaired) electrons. The summed E-state index contributed by atoms with van der Waals surface area (Å²) in [4.78, 5) is 13.5. The maximum atomic E-state index is 13.7. The molecule has 1 heterocycles. The molecule has 0 saturated carbocycles. The minimum atomic E-state index is -1.69. The highest BCUT2D eigenvalue weighted by Crippen LogP contribution is 2.28. The minimum absolute atomic E-state index is 0. The van der Waals surface area contributed by atoms with Gasteiger partial charge in [0.2, 0.25) is 5.82 Å². The molecule has 1 fully saturated rings. The van der Waals surface area contributed by atoms with Crippen LogP contribution >= 0.6 is 12.4 Å². The number of piperidine rings is 1. The Bertz CT molecular complexity index is 562. The van der Waals surface area contributed by atoms with Crippen molar-refractivity contribution in [1.82, 2.24) is 4.90 Å². The molecule has 8 heteroatoms. The topological polar surface area (TPSA) is 66.6 Å². The molecule has 1 amide bonds. The van der Waals surface area contributed by atoms with Gasteiger partial charge in [0.25, 0.3) is 5.91 Å². The minimum Gasteiger partial charge on any atom is -0.503 e. The van der Waals surface area contributed by atoms with Crippen molar-refractivity contribution in [3.8, 4) is 5.75 Å². The standard InChI is InChI=1S/C14H17F3N2O2.ClH/c1-7(18)8-2-4-19(5-3-8)14(21)9-6-10(15)12(17)13(20)11(9)16;/h6-8,20H,2-5,18H2,1H3;1H. The maximum absolute atomic E-state index is 13.7. The fourth-order valence-electron chi connectivity index (χ4n) is 2.54. The normalized spacial score (nSPS) is 17.0. The third-order valence-corrected chi connectivity index (χ3v) is 3.93. The second-order valence-corrected chi connectivity index (χ2v) is 5.37. The molecule has 0 aliphatic carbocycles. The van der Waals surface area contributed by atoms with E-state index in [1.807, 2.05) is 6.92 Å². The molecular weight excluding hydrogens is 321 g/mol. The van der Waals surface area contributed by atoms with Gasteiger partial charge in [-0.15, -0.1) is 12.4 Å². The van der Waals surface area contributed by atoms with Gasteiger partial charge in [-0.05, 0) is 31.7 Å². The van der Waals surface area contributed by atoms with Crippen LogP contribution in [0.15, 0.2) is 6.07 Å². The highest BCUT2D eigenvalue weighted by atomic mass is 35.5. The second kappa shape index (κ2) is 7.19. The number of hydrogen-bond donors (Lipinski definition) is 2. The first-order chi connectivity index (χ1) is 9.82. The SMILES string of the molecule is CC(N)C1CCN(C(=O)c2cc(F)c(F)c(O)c2F)CC1.Cl. The van der Waals surface area contributed by atoms with Crippen molar-refractivity contribution in [3.63, 3.8) is 0 Å². The number of nitrogens with two attached hydrogens (primary N) is 1. The molecule has 124 valence electrons. The van der Waals surface area contributed by atoms with E-state index in [0.29, 0.717) is 32.0 Å². The van der Waals surface area contributed by atoms with E-state index in [0.717, 1.165) is 0 Å². The second-order valence-electron chi connectivity index (χ2n) is 5.37. The van der Waals surface area contributed by atoms with Gasteiger partial charge >= 0.3 is 0 Å². The van der Waals surface area contributed by atoms with Crippen molar-refractivity contribution in [2.45, 2.75) is 25.8 Å². The van der Waals surface area contributed by atoms with Crippen molar-refractivity contribution >= 4 is 18.3 Å². The molecule has 0 spiro atoms. The predicted molar refractivity (Wildman–Crippen MR) is 77.5 cm³/mol. The van der Waals surface area contributed by atoms with Gasteiger partial charge in [-0.2, -0.15) is 4.39 Å². The monoisotopic (exact) mass is 338 g/mol. The molecule has 1 aliphatic rings. The Balaban J connectivity index is 0.00000242. The van der Waals surface area contributed by atoms with Crippen molar-refractivity contribution < 1.29 is 23.1 Å². The quantitative estimate of drug-likeness (QED) is 0.814. The molecule has 0 bridgehead atoms. The zero-order chi connectivity index (χ0) is 15.7. The van der Waals surface area contributed by atoms with Crippen LogP contribution in [0.5, 0.6) is 5.75 Å². The molecule has 2 rings (SSSR count). The molecular formula is C14H18ClF3N2O2. The summed E-state index contributed by atoms with van der Waals surface area (Å²) in [5.41, 5.74) is 5.13. The number of phenolic OH excluding ortho intramolecular Hbond substituents is 1. The third-order valence-electron chi connectivity index (χ3n) is 3.93. The molecule has 1 atom stereocenters. The van der Waals surface area contributed by atoms with Crippen LogP contribution in [0, 0.1) is 23.4 Å². The van der Waals surface area contributed by atoms with Crippen LogP contribution in [0.4, 0.5) is 13.2 Å². The van der Waals surface area contributed by atoms with E-state index in [1.165, 1.54) is 4.90 Å². The smallest absolute Gasteiger partial charge is 0.257 e. The summed E-state index contributed by atoms with van der Waals surface area (Å²) in [6, 6.07) is 0.482. The summed E-state index contributed by atoms with van der Waals surface area (Å²) in [5, 5.41) is 9.15. The van der Waals surface area contributed by atoms with E-state index in [-0.39, 0.29) is 24.4 Å². The van der Waals surface area contributed by atoms with Crippen LogP contribution in [-0.4, -0.2) is 35.0 Å². The van der Waals surface area contributed by atoms with Crippen LogP contribution in [-0.2, 0) is 0 Å². The Labute approximate surface area is 132 Å². The number of hydrogen-bond acceptors (Lipinski definition) is 3. The van der Waals surface area contributed by atoms with Crippen LogP contribution in [0.1, 0.15) is 30.1 Å². The zero-order valence-electron chi connectivity index (χ0n) is 12.0. The van der Waals surface area contributed by atoms with Gasteiger partial charge in [0.15, 0.2) is 17.4 Å². The van der Waals surface area contributed by atoms with Gasteiger partial charge in [-0.1, -0.05) is 0 Å². The van der Waals surface area contributed by atoms with Crippen molar-refractivity contribution in [2.75, 3.05) is 13.1 Å². The lowest BCUT2D eigenvalue weighted by Gasteiger charge is -2.33. The number of nitrogens with zero attached hydrogens (tertiary/aromatic N) is 1. The van der Waals surface area contributed by atoms with Gasteiger partial charge in [0, 0.05) is 19.1 Å². The molecule has 1 aromatic carbocycles. The largest absolute Gasteiger partial charge is 0.503 e. The number of phenols is 1. The number of amides is 1. The van der Waals surface area contributed by atoms with Crippen molar-refractivity contribution in [1.29, 1.82) is 0 Å². The number of rotatable bonds is 2. The van der Waals surface area contributed by atoms with Crippen LogP contribution in [0.2, 0.25) is 0 Å². The van der Waals surface area contributed by atoms with Gasteiger partial charge in [-0.3, -0.25) is 4.79 Å². The average molecular weight is 339 g/mol. The van der Waals surface area contributed by atoms with E-state index >= 15 is 0 Å². The van der Waals surface area contributed by atoms with E-state index in [2.05, 4.69) is 0 Å². The van der Waals surface area contributed by atoms with Crippen LogP contribution < -0.4 is 5.73 Å². The summed E-state index contributed by atoms with van der Waals surface area (Å²) in [6.45, 7) is 2.61. The number of carbonyl (C=O) groups is 1. The van der Waals surface area contributed by atoms with E-state index in [4.69, 9.17) is 10.8 Å². The van der Waals surface area contributed by atoms with E-state index in [9.17, 15) is 18.0 Å². The highest BCUT2D eigenvalue weighted by Gasteiger charge is 2.29. The number of benzene rings is 1. The fraction of sp³-hybridized carbons (Fsp3) is 0.500. The Kier molecular flexibility index (Phi) is 6.08. The summed E-state index contributed by atoms with van der Waals surface area (Å²) in [6.07, 6.45) is 1.33. The number of aromatic hydroxyl groups is 1. The predicted octanol–water partition coefficient (Wildman–Crippen LogP) is 2.43. The lowest BCUT2D eigenvalue weighted by molar-refractivity contribution is 0.0674. The van der Waals surface area contributed by atoms with Crippen LogP contribution in [0.25, 0.3) is 0 Å². The highest BCUT2D eigenvalue weighted by molar-refractivity contribution is 5.95. The molecule has 4 nitrogen and oxygen atoms in total.